The van der Waals surface area contributed by atoms with Crippen LogP contribution in [0.5, 0.6) is 0 Å². The highest BCUT2D eigenvalue weighted by Crippen LogP contribution is 2.43. The van der Waals surface area contributed by atoms with Crippen molar-refractivity contribution in [3.63, 3.8) is 0 Å². The number of aliphatic hydroxyl groups excluding tert-OH is 1. The third-order valence-corrected chi connectivity index (χ3v) is 13.7. The van der Waals surface area contributed by atoms with Crippen LogP contribution in [-0.2, 0) is 49.3 Å². The molecule has 2 fully saturated rings. The number of unbranched alkanes of at least 4 members (excludes halogenated alkanes) is 1. The van der Waals surface area contributed by atoms with E-state index in [1.807, 2.05) is 29.2 Å². The lowest BCUT2D eigenvalue weighted by Crippen LogP contribution is -2.54. The normalized spacial score (nSPS) is 19.3. The van der Waals surface area contributed by atoms with Crippen molar-refractivity contribution in [2.45, 2.75) is 102 Å². The van der Waals surface area contributed by atoms with E-state index < -0.39 is 35.8 Å². The van der Waals surface area contributed by atoms with Gasteiger partial charge in [-0.25, -0.2) is 9.97 Å². The second-order valence-electron chi connectivity index (χ2n) is 18.4. The van der Waals surface area contributed by atoms with Gasteiger partial charge in [-0.05, 0) is 80.2 Å². The second kappa shape index (κ2) is 27.0. The number of aliphatic hydroxyl groups is 1. The van der Waals surface area contributed by atoms with E-state index in [9.17, 15) is 33.9 Å². The summed E-state index contributed by atoms with van der Waals surface area (Å²) in [6.45, 7) is 8.71. The molecule has 18 nitrogen and oxygen atoms in total. The molecule has 3 aliphatic heterocycles. The van der Waals surface area contributed by atoms with E-state index in [0.29, 0.717) is 165 Å². The Hall–Kier alpha value is -5.21. The SMILES string of the molecule is C[C@@H]1C[C@@H](O)c2ncnc(N3CCN(C(=O)[C@H](CCCCC(=O)CCCOCCOCCOCCOCCOCCCc4cccc5c4C(=O)N(C4CCC(=O)NC4=O)C5=O)c4ccc(Cl)cc4)CC3)c21. The van der Waals surface area contributed by atoms with Crippen molar-refractivity contribution in [2.24, 2.45) is 0 Å². The topological polar surface area (TPSA) is 216 Å². The number of carbonyl (C=O) groups is 6. The molecule has 1 aliphatic carbocycles. The summed E-state index contributed by atoms with van der Waals surface area (Å²) in [7, 11) is 0. The first kappa shape index (κ1) is 53.6. The molecule has 4 aliphatic rings. The minimum atomic E-state index is -0.996. The van der Waals surface area contributed by atoms with Crippen LogP contribution >= 0.6 is 11.6 Å². The van der Waals surface area contributed by atoms with Gasteiger partial charge in [-0.15, -0.1) is 0 Å². The van der Waals surface area contributed by atoms with Crippen LogP contribution in [0.2, 0.25) is 5.02 Å². The zero-order valence-electron chi connectivity index (χ0n) is 40.7. The molecule has 1 aromatic heterocycles. The Morgan fingerprint density at radius 3 is 2.07 bits per heavy atom. The Morgan fingerprint density at radius 2 is 1.41 bits per heavy atom. The number of aromatic nitrogens is 2. The summed E-state index contributed by atoms with van der Waals surface area (Å²) in [5.74, 6) is -1.10. The highest BCUT2D eigenvalue weighted by atomic mass is 35.5. The smallest absolute Gasteiger partial charge is 0.262 e. The van der Waals surface area contributed by atoms with E-state index in [-0.39, 0.29) is 41.9 Å². The summed E-state index contributed by atoms with van der Waals surface area (Å²) >= 11 is 6.20. The molecule has 1 unspecified atom stereocenters. The molecule has 19 heteroatoms. The van der Waals surface area contributed by atoms with Crippen molar-refractivity contribution in [1.29, 1.82) is 0 Å². The maximum Gasteiger partial charge on any atom is 0.262 e. The Kier molecular flexibility index (Phi) is 20.4. The van der Waals surface area contributed by atoms with Crippen LogP contribution in [0.25, 0.3) is 0 Å². The molecular weight excluding hydrogens is 936 g/mol. The maximum absolute atomic E-state index is 14.0. The molecule has 0 saturated carbocycles. The van der Waals surface area contributed by atoms with E-state index in [0.717, 1.165) is 28.3 Å². The third kappa shape index (κ3) is 14.5. The minimum Gasteiger partial charge on any atom is -0.387 e. The molecular formula is C52H67ClN6O12. The molecule has 0 radical (unpaired) electrons. The van der Waals surface area contributed by atoms with Crippen LogP contribution in [-0.4, -0.2) is 158 Å². The Labute approximate surface area is 420 Å². The predicted molar refractivity (Wildman–Crippen MR) is 261 cm³/mol. The number of anilines is 1. The average molecular weight is 1000 g/mol. The predicted octanol–water partition coefficient (Wildman–Crippen LogP) is 5.13. The van der Waals surface area contributed by atoms with Gasteiger partial charge in [0.05, 0.1) is 81.7 Å². The van der Waals surface area contributed by atoms with Gasteiger partial charge in [0.25, 0.3) is 11.8 Å². The fourth-order valence-corrected chi connectivity index (χ4v) is 9.87. The van der Waals surface area contributed by atoms with Crippen molar-refractivity contribution in [1.82, 2.24) is 25.1 Å². The highest BCUT2D eigenvalue weighted by molar-refractivity contribution is 6.30. The van der Waals surface area contributed by atoms with Crippen LogP contribution in [0.1, 0.15) is 132 Å². The van der Waals surface area contributed by atoms with E-state index in [2.05, 4.69) is 27.1 Å². The summed E-state index contributed by atoms with van der Waals surface area (Å²) < 4.78 is 28.1. The quantitative estimate of drug-likeness (QED) is 0.0681. The number of benzene rings is 2. The molecule has 384 valence electrons. The number of aryl methyl sites for hydroxylation is 1. The summed E-state index contributed by atoms with van der Waals surface area (Å²) in [5, 5.41) is 13.3. The number of ether oxygens (including phenoxy) is 5. The number of fused-ring (bicyclic) bond motifs is 2. The van der Waals surface area contributed by atoms with E-state index in [1.165, 1.54) is 6.33 Å². The Balaban J connectivity index is 0.663. The molecule has 2 saturated heterocycles. The molecule has 0 bridgehead atoms. The van der Waals surface area contributed by atoms with Crippen molar-refractivity contribution < 1.29 is 57.6 Å². The lowest BCUT2D eigenvalue weighted by Gasteiger charge is -2.38. The number of halogens is 1. The standard InChI is InChI=1S/C52H67ClN6O12/c1-35-33-43(61)47-45(35)48(55-34-54-47)57-19-21-58(22-20-57)50(64)40(36-13-15-38(53)16-14-36)11-3-2-9-39(60)10-6-24-68-26-28-70-30-32-71-31-29-69-27-25-67-23-5-8-37-7-4-12-41-46(37)52(66)59(51(41)65)42-17-18-44(62)56-49(42)63/h4,7,12-16,34-35,40,42-43,61H,2-3,5-6,8-11,17-33H2,1H3,(H,56,62,63)/t35-,40-,42?,43-/m1/s1. The minimum absolute atomic E-state index is 0.0713. The average Bonchev–Trinajstić information content (AvgIpc) is 3.81. The van der Waals surface area contributed by atoms with Crippen LogP contribution in [0.3, 0.4) is 0 Å². The summed E-state index contributed by atoms with van der Waals surface area (Å²) in [6.07, 6.45) is 6.54. The molecule has 4 heterocycles. The first-order chi connectivity index (χ1) is 34.5. The van der Waals surface area contributed by atoms with Gasteiger partial charge >= 0.3 is 0 Å². The Morgan fingerprint density at radius 1 is 0.775 bits per heavy atom. The van der Waals surface area contributed by atoms with Crippen LogP contribution in [0, 0.1) is 0 Å². The van der Waals surface area contributed by atoms with Crippen LogP contribution in [0.4, 0.5) is 5.82 Å². The zero-order valence-corrected chi connectivity index (χ0v) is 41.4. The number of hydrogen-bond acceptors (Lipinski definition) is 15. The van der Waals surface area contributed by atoms with E-state index >= 15 is 0 Å². The molecule has 4 atom stereocenters. The summed E-state index contributed by atoms with van der Waals surface area (Å²) in [6, 6.07) is 11.6. The van der Waals surface area contributed by atoms with Gasteiger partial charge in [0.1, 0.15) is 24.0 Å². The van der Waals surface area contributed by atoms with Gasteiger partial charge in [0, 0.05) is 69.2 Å². The number of nitrogens with one attached hydrogen (secondary N) is 1. The van der Waals surface area contributed by atoms with Gasteiger partial charge in [-0.1, -0.05) is 49.2 Å². The Bertz CT molecular complexity index is 2310. The number of amides is 5. The lowest BCUT2D eigenvalue weighted by atomic mass is 9.91. The van der Waals surface area contributed by atoms with Gasteiger partial charge < -0.3 is 38.6 Å². The van der Waals surface area contributed by atoms with E-state index in [1.54, 1.807) is 18.2 Å². The van der Waals surface area contributed by atoms with Crippen molar-refractivity contribution in [3.8, 4) is 0 Å². The number of piperidine rings is 1. The van der Waals surface area contributed by atoms with Crippen molar-refractivity contribution in [3.05, 3.63) is 87.3 Å². The third-order valence-electron chi connectivity index (χ3n) is 13.5. The molecule has 5 amide bonds. The molecule has 0 spiro atoms. The van der Waals surface area contributed by atoms with Crippen LogP contribution < -0.4 is 10.2 Å². The number of Topliss-reactive ketones (excluding diaryl/α,β-unsaturated/α-hetero) is 1. The molecule has 7 rings (SSSR count). The van der Waals surface area contributed by atoms with Crippen LogP contribution in [0.15, 0.2) is 48.8 Å². The monoisotopic (exact) mass is 1000 g/mol. The van der Waals surface area contributed by atoms with Crippen molar-refractivity contribution >= 4 is 52.7 Å². The van der Waals surface area contributed by atoms with Gasteiger partial charge in [0.2, 0.25) is 17.7 Å². The first-order valence-electron chi connectivity index (χ1n) is 25.1. The van der Waals surface area contributed by atoms with E-state index in [4.69, 9.17) is 35.3 Å². The fourth-order valence-electron chi connectivity index (χ4n) is 9.75. The molecule has 71 heavy (non-hydrogen) atoms. The number of piperazine rings is 1. The fraction of sp³-hybridized carbons (Fsp3) is 0.577. The second-order valence-corrected chi connectivity index (χ2v) is 18.8. The number of imide groups is 2. The number of hydrogen-bond donors (Lipinski definition) is 2. The van der Waals surface area contributed by atoms with Gasteiger partial charge in [-0.3, -0.25) is 39.0 Å². The van der Waals surface area contributed by atoms with Crippen molar-refractivity contribution in [2.75, 3.05) is 97.1 Å². The summed E-state index contributed by atoms with van der Waals surface area (Å²) in [4.78, 5) is 91.0. The van der Waals surface area contributed by atoms with Gasteiger partial charge in [-0.2, -0.15) is 0 Å². The number of carbonyl (C=O) groups excluding carboxylic acids is 6. The maximum atomic E-state index is 14.0. The molecule has 2 aromatic carbocycles. The number of nitrogens with zero attached hydrogens (tertiary/aromatic N) is 5. The number of ketones is 1. The zero-order chi connectivity index (χ0) is 50.1. The lowest BCUT2D eigenvalue weighted by molar-refractivity contribution is -0.136. The first-order valence-corrected chi connectivity index (χ1v) is 25.5. The summed E-state index contributed by atoms with van der Waals surface area (Å²) in [5.41, 5.74) is 3.95. The number of rotatable bonds is 29. The van der Waals surface area contributed by atoms with Gasteiger partial charge in [0.15, 0.2) is 0 Å². The molecule has 3 aromatic rings. The molecule has 2 N–H and O–H groups in total. The highest BCUT2D eigenvalue weighted by Gasteiger charge is 2.45. The largest absolute Gasteiger partial charge is 0.387 e.